The van der Waals surface area contributed by atoms with E-state index in [1.807, 2.05) is 0 Å². The van der Waals surface area contributed by atoms with Crippen molar-refractivity contribution in [3.05, 3.63) is 80.4 Å². The summed E-state index contributed by atoms with van der Waals surface area (Å²) in [5.74, 6) is -0.532. The van der Waals surface area contributed by atoms with E-state index in [0.29, 0.717) is 11.3 Å². The molecule has 0 atom stereocenters. The zero-order chi connectivity index (χ0) is 19.1. The zero-order valence-electron chi connectivity index (χ0n) is 13.1. The first-order chi connectivity index (χ1) is 12.3. The minimum Gasteiger partial charge on any atom is -0.332 e. The van der Waals surface area contributed by atoms with Crippen LogP contribution in [0, 0.1) is 20.2 Å². The summed E-state index contributed by atoms with van der Waals surface area (Å²) >= 11 is 4.98. The summed E-state index contributed by atoms with van der Waals surface area (Å²) in [5.41, 5.74) is 0.820. The van der Waals surface area contributed by atoms with Crippen LogP contribution in [0.3, 0.4) is 0 Å². The fourth-order valence-electron chi connectivity index (χ4n) is 1.90. The summed E-state index contributed by atoms with van der Waals surface area (Å²) in [4.78, 5) is 32.1. The predicted molar refractivity (Wildman–Crippen MR) is 99.6 cm³/mol. The third-order valence-electron chi connectivity index (χ3n) is 3.08. The SMILES string of the molecule is O=C(C=Cc1cccc([N+](=O)[O-])c1)NC(=S)Nc1ccc([N+](=O)[O-])cc1. The Morgan fingerprint density at radius 1 is 1.00 bits per heavy atom. The highest BCUT2D eigenvalue weighted by atomic mass is 32.1. The molecule has 0 aromatic heterocycles. The molecular formula is C16H12N4O5S. The molecule has 132 valence electrons. The molecule has 0 saturated heterocycles. The van der Waals surface area contributed by atoms with Gasteiger partial charge in [0.05, 0.1) is 9.85 Å². The molecule has 10 heteroatoms. The van der Waals surface area contributed by atoms with Gasteiger partial charge in [-0.2, -0.15) is 0 Å². The summed E-state index contributed by atoms with van der Waals surface area (Å²) in [7, 11) is 0. The molecule has 0 heterocycles. The molecule has 0 aliphatic rings. The molecule has 2 aromatic carbocycles. The third-order valence-corrected chi connectivity index (χ3v) is 3.29. The van der Waals surface area contributed by atoms with E-state index in [-0.39, 0.29) is 16.5 Å². The van der Waals surface area contributed by atoms with Crippen molar-refractivity contribution >= 4 is 46.4 Å². The molecule has 0 spiro atoms. The smallest absolute Gasteiger partial charge is 0.270 e. The minimum atomic E-state index is -0.532. The van der Waals surface area contributed by atoms with Crippen molar-refractivity contribution in [1.29, 1.82) is 0 Å². The maximum absolute atomic E-state index is 11.8. The van der Waals surface area contributed by atoms with E-state index in [9.17, 15) is 25.0 Å². The lowest BCUT2D eigenvalue weighted by molar-refractivity contribution is -0.385. The van der Waals surface area contributed by atoms with E-state index in [2.05, 4.69) is 10.6 Å². The van der Waals surface area contributed by atoms with E-state index < -0.39 is 15.8 Å². The Balaban J connectivity index is 1.92. The van der Waals surface area contributed by atoms with Crippen LogP contribution in [0.1, 0.15) is 5.56 Å². The molecule has 2 aromatic rings. The molecule has 0 bridgehead atoms. The van der Waals surface area contributed by atoms with Crippen LogP contribution >= 0.6 is 12.2 Å². The molecule has 9 nitrogen and oxygen atoms in total. The summed E-state index contributed by atoms with van der Waals surface area (Å²) < 4.78 is 0. The topological polar surface area (TPSA) is 127 Å². The van der Waals surface area contributed by atoms with Gasteiger partial charge in [0, 0.05) is 36.0 Å². The van der Waals surface area contributed by atoms with E-state index in [1.54, 1.807) is 6.07 Å². The summed E-state index contributed by atoms with van der Waals surface area (Å²) in [6.07, 6.45) is 2.60. The molecule has 2 rings (SSSR count). The van der Waals surface area contributed by atoms with E-state index >= 15 is 0 Å². The number of anilines is 1. The van der Waals surface area contributed by atoms with Crippen LogP contribution in [0.5, 0.6) is 0 Å². The van der Waals surface area contributed by atoms with Gasteiger partial charge < -0.3 is 5.32 Å². The van der Waals surface area contributed by atoms with Crippen LogP contribution in [0.2, 0.25) is 0 Å². The third kappa shape index (κ3) is 5.46. The number of rotatable bonds is 5. The highest BCUT2D eigenvalue weighted by Crippen LogP contribution is 2.15. The zero-order valence-corrected chi connectivity index (χ0v) is 13.9. The lowest BCUT2D eigenvalue weighted by atomic mass is 10.2. The largest absolute Gasteiger partial charge is 0.332 e. The number of nitrogens with one attached hydrogen (secondary N) is 2. The van der Waals surface area contributed by atoms with Gasteiger partial charge in [0.2, 0.25) is 5.91 Å². The fraction of sp³-hybridized carbons (Fsp3) is 0. The second kappa shape index (κ2) is 8.44. The maximum atomic E-state index is 11.8. The van der Waals surface area contributed by atoms with Gasteiger partial charge in [-0.3, -0.25) is 30.3 Å². The lowest BCUT2D eigenvalue weighted by Gasteiger charge is -2.07. The monoisotopic (exact) mass is 372 g/mol. The molecular weight excluding hydrogens is 360 g/mol. The number of nitrogens with zero attached hydrogens (tertiary/aromatic N) is 2. The Hall–Kier alpha value is -3.66. The van der Waals surface area contributed by atoms with Crippen molar-refractivity contribution in [1.82, 2.24) is 5.32 Å². The number of thiocarbonyl (C=S) groups is 1. The first-order valence-corrected chi connectivity index (χ1v) is 7.55. The summed E-state index contributed by atoms with van der Waals surface area (Å²) in [5, 5.41) is 26.4. The van der Waals surface area contributed by atoms with Crippen LogP contribution in [-0.4, -0.2) is 20.9 Å². The van der Waals surface area contributed by atoms with Crippen molar-refractivity contribution in [3.63, 3.8) is 0 Å². The molecule has 0 saturated carbocycles. The Labute approximate surface area is 152 Å². The van der Waals surface area contributed by atoms with E-state index in [4.69, 9.17) is 12.2 Å². The van der Waals surface area contributed by atoms with Gasteiger partial charge in [-0.15, -0.1) is 0 Å². The first kappa shape index (κ1) is 18.7. The number of nitro groups is 2. The molecule has 26 heavy (non-hydrogen) atoms. The fourth-order valence-corrected chi connectivity index (χ4v) is 2.11. The van der Waals surface area contributed by atoms with Gasteiger partial charge in [-0.25, -0.2) is 0 Å². The number of benzene rings is 2. The van der Waals surface area contributed by atoms with Crippen LogP contribution < -0.4 is 10.6 Å². The molecule has 1 amide bonds. The number of carbonyl (C=O) groups is 1. The number of non-ortho nitro benzene ring substituents is 2. The molecule has 0 aliphatic carbocycles. The van der Waals surface area contributed by atoms with E-state index in [0.717, 1.165) is 0 Å². The molecule has 0 unspecified atom stereocenters. The number of amides is 1. The van der Waals surface area contributed by atoms with Crippen molar-refractivity contribution in [2.45, 2.75) is 0 Å². The molecule has 0 radical (unpaired) electrons. The van der Waals surface area contributed by atoms with Gasteiger partial charge in [0.15, 0.2) is 5.11 Å². The quantitative estimate of drug-likeness (QED) is 0.357. The first-order valence-electron chi connectivity index (χ1n) is 7.14. The number of hydrogen-bond acceptors (Lipinski definition) is 6. The average Bonchev–Trinajstić information content (AvgIpc) is 2.60. The highest BCUT2D eigenvalue weighted by molar-refractivity contribution is 7.80. The Morgan fingerprint density at radius 3 is 2.27 bits per heavy atom. The van der Waals surface area contributed by atoms with Gasteiger partial charge in [-0.05, 0) is 36.0 Å². The summed E-state index contributed by atoms with van der Waals surface area (Å²) in [6, 6.07) is 11.3. The summed E-state index contributed by atoms with van der Waals surface area (Å²) in [6.45, 7) is 0. The second-order valence-electron chi connectivity index (χ2n) is 4.93. The van der Waals surface area contributed by atoms with E-state index in [1.165, 1.54) is 54.6 Å². The van der Waals surface area contributed by atoms with Crippen LogP contribution in [0.25, 0.3) is 6.08 Å². The molecule has 0 aliphatic heterocycles. The van der Waals surface area contributed by atoms with Crippen molar-refractivity contribution in [3.8, 4) is 0 Å². The normalized spacial score (nSPS) is 10.3. The van der Waals surface area contributed by atoms with Crippen molar-refractivity contribution < 1.29 is 14.6 Å². The van der Waals surface area contributed by atoms with Crippen molar-refractivity contribution in [2.24, 2.45) is 0 Å². The Morgan fingerprint density at radius 2 is 1.65 bits per heavy atom. The maximum Gasteiger partial charge on any atom is 0.270 e. The van der Waals surface area contributed by atoms with Crippen LogP contribution in [-0.2, 0) is 4.79 Å². The van der Waals surface area contributed by atoms with Gasteiger partial charge >= 0.3 is 0 Å². The minimum absolute atomic E-state index is 0.00699. The Bertz CT molecular complexity index is 896. The highest BCUT2D eigenvalue weighted by Gasteiger charge is 2.07. The average molecular weight is 372 g/mol. The second-order valence-corrected chi connectivity index (χ2v) is 5.34. The standard InChI is InChI=1S/C16H12N4O5S/c21-15(9-4-11-2-1-3-14(10-11)20(24)25)18-16(26)17-12-5-7-13(8-6-12)19(22)23/h1-10H,(H2,17,18,21,26). The molecule has 2 N–H and O–H groups in total. The van der Waals surface area contributed by atoms with Gasteiger partial charge in [-0.1, -0.05) is 12.1 Å². The van der Waals surface area contributed by atoms with Crippen LogP contribution in [0.4, 0.5) is 17.1 Å². The lowest BCUT2D eigenvalue weighted by Crippen LogP contribution is -2.32. The number of carbonyl (C=O) groups excluding carboxylic acids is 1. The predicted octanol–water partition coefficient (Wildman–Crippen LogP) is 3.03. The Kier molecular flexibility index (Phi) is 6.06. The number of hydrogen-bond donors (Lipinski definition) is 2. The van der Waals surface area contributed by atoms with Gasteiger partial charge in [0.25, 0.3) is 11.4 Å². The number of nitro benzene ring substituents is 2. The van der Waals surface area contributed by atoms with Crippen LogP contribution in [0.15, 0.2) is 54.6 Å². The molecule has 0 fully saturated rings. The van der Waals surface area contributed by atoms with Crippen molar-refractivity contribution in [2.75, 3.05) is 5.32 Å². The van der Waals surface area contributed by atoms with Gasteiger partial charge in [0.1, 0.15) is 0 Å².